The minimum atomic E-state index is -1.40. The number of ether oxygens (including phenoxy) is 3. The molecule has 0 atom stereocenters. The van der Waals surface area contributed by atoms with Crippen molar-refractivity contribution >= 4 is 39.9 Å². The molecule has 1 aromatic heterocycles. The zero-order valence-corrected chi connectivity index (χ0v) is 21.0. The Morgan fingerprint density at radius 3 is 2.10 bits per heavy atom. The number of halogens is 2. The molecule has 9 nitrogen and oxygen atoms in total. The normalized spacial score (nSPS) is 13.5. The highest BCUT2D eigenvalue weighted by atomic mass is 19.1. The number of fused-ring (bicyclic) bond motifs is 1. The van der Waals surface area contributed by atoms with E-state index in [1.165, 1.54) is 44.6 Å². The van der Waals surface area contributed by atoms with Crippen molar-refractivity contribution in [3.63, 3.8) is 0 Å². The number of rotatable bonds is 8. The largest absolute Gasteiger partial charge is 0.493 e. The molecular weight excluding hydrogens is 510 g/mol. The van der Waals surface area contributed by atoms with Gasteiger partial charge in [-0.15, -0.1) is 0 Å². The van der Waals surface area contributed by atoms with Crippen LogP contribution >= 0.6 is 0 Å². The Labute approximate surface area is 221 Å². The van der Waals surface area contributed by atoms with E-state index in [0.29, 0.717) is 22.4 Å². The third-order valence-electron chi connectivity index (χ3n) is 6.61. The zero-order chi connectivity index (χ0) is 27.9. The van der Waals surface area contributed by atoms with Crippen molar-refractivity contribution in [1.82, 2.24) is 4.98 Å². The molecular formula is C28H24F2N4O5. The molecule has 4 N–H and O–H groups in total. The van der Waals surface area contributed by atoms with Gasteiger partial charge in [-0.05, 0) is 55.3 Å². The molecule has 200 valence electrons. The number of nitrogen functional groups attached to an aromatic ring is 1. The molecule has 1 aliphatic rings. The number of primary amides is 1. The van der Waals surface area contributed by atoms with Gasteiger partial charge < -0.3 is 25.7 Å². The van der Waals surface area contributed by atoms with E-state index >= 15 is 4.39 Å². The molecule has 5 rings (SSSR count). The van der Waals surface area contributed by atoms with Gasteiger partial charge in [-0.2, -0.15) is 0 Å². The molecule has 0 aliphatic heterocycles. The average Bonchev–Trinajstić information content (AvgIpc) is 3.73. The number of benzene rings is 3. The highest BCUT2D eigenvalue weighted by Gasteiger charge is 2.57. The summed E-state index contributed by atoms with van der Waals surface area (Å²) in [5, 5.41) is 0.491. The Morgan fingerprint density at radius 2 is 1.51 bits per heavy atom. The molecule has 0 saturated heterocycles. The molecule has 1 fully saturated rings. The van der Waals surface area contributed by atoms with Crippen LogP contribution in [0.5, 0.6) is 23.0 Å². The van der Waals surface area contributed by atoms with Crippen LogP contribution in [0, 0.1) is 17.0 Å². The van der Waals surface area contributed by atoms with Crippen LogP contribution in [0.1, 0.15) is 12.8 Å². The maximum Gasteiger partial charge on any atom is 0.247 e. The summed E-state index contributed by atoms with van der Waals surface area (Å²) in [6, 6.07) is 13.6. The lowest BCUT2D eigenvalue weighted by Crippen LogP contribution is -2.41. The summed E-state index contributed by atoms with van der Waals surface area (Å²) in [5.74, 6) is -1.69. The van der Waals surface area contributed by atoms with Gasteiger partial charge in [0.15, 0.2) is 23.1 Å². The highest BCUT2D eigenvalue weighted by molar-refractivity contribution is 6.16. The van der Waals surface area contributed by atoms with Crippen LogP contribution in [0.3, 0.4) is 0 Å². The summed E-state index contributed by atoms with van der Waals surface area (Å²) < 4.78 is 45.6. The third kappa shape index (κ3) is 4.63. The van der Waals surface area contributed by atoms with E-state index in [2.05, 4.69) is 4.98 Å². The molecule has 1 aliphatic carbocycles. The van der Waals surface area contributed by atoms with Gasteiger partial charge in [-0.1, -0.05) is 0 Å². The minimum Gasteiger partial charge on any atom is -0.493 e. The van der Waals surface area contributed by atoms with Gasteiger partial charge in [-0.25, -0.2) is 13.8 Å². The average molecular weight is 535 g/mol. The second-order valence-electron chi connectivity index (χ2n) is 9.05. The van der Waals surface area contributed by atoms with Gasteiger partial charge in [0.05, 0.1) is 25.4 Å². The topological polar surface area (TPSA) is 130 Å². The minimum absolute atomic E-state index is 0.106. The fourth-order valence-corrected chi connectivity index (χ4v) is 4.33. The van der Waals surface area contributed by atoms with Gasteiger partial charge in [0.25, 0.3) is 0 Å². The Morgan fingerprint density at radius 1 is 0.872 bits per heavy atom. The highest BCUT2D eigenvalue weighted by Crippen LogP contribution is 2.49. The predicted octanol–water partition coefficient (Wildman–Crippen LogP) is 4.83. The number of nitrogens with zero attached hydrogens (tertiary/aromatic N) is 2. The zero-order valence-electron chi connectivity index (χ0n) is 21.0. The second-order valence-corrected chi connectivity index (χ2v) is 9.05. The van der Waals surface area contributed by atoms with E-state index in [-0.39, 0.29) is 41.5 Å². The van der Waals surface area contributed by atoms with Crippen molar-refractivity contribution in [3.8, 4) is 23.0 Å². The molecule has 3 aromatic carbocycles. The third-order valence-corrected chi connectivity index (χ3v) is 6.61. The van der Waals surface area contributed by atoms with Gasteiger partial charge in [-0.3, -0.25) is 14.5 Å². The number of carbonyl (C=O) groups is 2. The first-order chi connectivity index (χ1) is 18.7. The lowest BCUT2D eigenvalue weighted by molar-refractivity contribution is -0.133. The van der Waals surface area contributed by atoms with Crippen LogP contribution in [0.15, 0.2) is 60.7 Å². The summed E-state index contributed by atoms with van der Waals surface area (Å²) in [4.78, 5) is 31.0. The number of aromatic nitrogens is 1. The molecule has 0 radical (unpaired) electrons. The number of amides is 2. The van der Waals surface area contributed by atoms with Crippen LogP contribution in [0.4, 0.5) is 26.0 Å². The fourth-order valence-electron chi connectivity index (χ4n) is 4.33. The van der Waals surface area contributed by atoms with E-state index in [1.807, 2.05) is 0 Å². The summed E-state index contributed by atoms with van der Waals surface area (Å²) in [6.07, 6.45) is 0.542. The maximum atomic E-state index is 15.5. The summed E-state index contributed by atoms with van der Waals surface area (Å²) >= 11 is 0. The molecule has 0 unspecified atom stereocenters. The number of carbonyl (C=O) groups excluding carboxylic acids is 2. The van der Waals surface area contributed by atoms with Crippen molar-refractivity contribution in [2.45, 2.75) is 12.8 Å². The van der Waals surface area contributed by atoms with Crippen LogP contribution in [0.25, 0.3) is 10.9 Å². The fraction of sp³-hybridized carbons (Fsp3) is 0.179. The number of hydrogen-bond acceptors (Lipinski definition) is 7. The Hall–Kier alpha value is -4.93. The van der Waals surface area contributed by atoms with Gasteiger partial charge in [0, 0.05) is 29.3 Å². The Balaban J connectivity index is 1.54. The predicted molar refractivity (Wildman–Crippen MR) is 140 cm³/mol. The molecule has 0 spiro atoms. The first-order valence-electron chi connectivity index (χ1n) is 11.9. The van der Waals surface area contributed by atoms with Crippen molar-refractivity contribution < 1.29 is 32.6 Å². The quantitative estimate of drug-likeness (QED) is 0.310. The summed E-state index contributed by atoms with van der Waals surface area (Å²) in [6.45, 7) is 0. The molecule has 0 bridgehead atoms. The molecule has 2 amide bonds. The van der Waals surface area contributed by atoms with Gasteiger partial charge in [0.1, 0.15) is 22.8 Å². The lowest BCUT2D eigenvalue weighted by Gasteiger charge is -2.26. The van der Waals surface area contributed by atoms with E-state index in [0.717, 1.165) is 23.1 Å². The smallest absolute Gasteiger partial charge is 0.247 e. The van der Waals surface area contributed by atoms with Crippen LogP contribution in [-0.4, -0.2) is 31.0 Å². The lowest BCUT2D eigenvalue weighted by atomic mass is 10.0. The van der Waals surface area contributed by atoms with Crippen molar-refractivity contribution in [2.24, 2.45) is 11.1 Å². The van der Waals surface area contributed by atoms with Crippen LogP contribution in [0.2, 0.25) is 0 Å². The van der Waals surface area contributed by atoms with Gasteiger partial charge >= 0.3 is 0 Å². The molecule has 1 saturated carbocycles. The van der Waals surface area contributed by atoms with E-state index in [9.17, 15) is 14.0 Å². The van der Waals surface area contributed by atoms with Crippen LogP contribution in [-0.2, 0) is 9.59 Å². The van der Waals surface area contributed by atoms with Gasteiger partial charge in [0.2, 0.25) is 11.8 Å². The van der Waals surface area contributed by atoms with Crippen LogP contribution < -0.4 is 30.6 Å². The second kappa shape index (κ2) is 9.75. The van der Waals surface area contributed by atoms with Crippen molar-refractivity contribution in [2.75, 3.05) is 24.9 Å². The number of pyridine rings is 1. The molecule has 1 heterocycles. The van der Waals surface area contributed by atoms with E-state index in [4.69, 9.17) is 25.7 Å². The number of nitrogens with two attached hydrogens (primary N) is 2. The number of anilines is 3. The Kier molecular flexibility index (Phi) is 6.43. The van der Waals surface area contributed by atoms with E-state index < -0.39 is 28.9 Å². The first kappa shape index (κ1) is 25.7. The molecule has 11 heteroatoms. The molecule has 4 aromatic rings. The summed E-state index contributed by atoms with van der Waals surface area (Å²) in [7, 11) is 2.96. The van der Waals surface area contributed by atoms with E-state index in [1.54, 1.807) is 12.1 Å². The SMILES string of the molecule is COc1cc2nc(N)cc(Oc3ccc(N(C(=O)C4(C(N)=O)CC4)c4ccc(F)cc4)cc3F)c2cc1OC. The Bertz CT molecular complexity index is 1610. The summed E-state index contributed by atoms with van der Waals surface area (Å²) in [5.41, 5.74) is 10.9. The number of hydrogen-bond donors (Lipinski definition) is 2. The number of methoxy groups -OCH3 is 2. The maximum absolute atomic E-state index is 15.5. The molecule has 39 heavy (non-hydrogen) atoms. The standard InChI is InChI=1S/C28H24F2N4O5/c1-37-23-12-18-20(13-24(23)38-2)33-25(31)14-22(18)39-21-8-7-17(11-19(21)30)34(16-5-3-15(29)4-6-16)27(36)28(9-10-28)26(32)35/h3-8,11-14H,9-10H2,1-2H3,(H2,31,33)(H2,32,35). The monoisotopic (exact) mass is 534 g/mol. The first-order valence-corrected chi connectivity index (χ1v) is 11.9. The van der Waals surface area contributed by atoms with Crippen molar-refractivity contribution in [3.05, 3.63) is 72.3 Å². The van der Waals surface area contributed by atoms with Crippen molar-refractivity contribution in [1.29, 1.82) is 0 Å².